The first-order valence-corrected chi connectivity index (χ1v) is 6.14. The first kappa shape index (κ1) is 13.1. The monoisotopic (exact) mass is 280 g/mol. The normalized spacial score (nSPS) is 10.9. The molecular formula is C13H17BrN2. The van der Waals surface area contributed by atoms with Crippen LogP contribution >= 0.6 is 15.9 Å². The van der Waals surface area contributed by atoms with Crippen molar-refractivity contribution in [3.63, 3.8) is 0 Å². The Labute approximate surface area is 106 Å². The van der Waals surface area contributed by atoms with Crippen LogP contribution in [0.25, 0.3) is 0 Å². The van der Waals surface area contributed by atoms with Gasteiger partial charge in [0.2, 0.25) is 0 Å². The summed E-state index contributed by atoms with van der Waals surface area (Å²) in [5.41, 5.74) is 2.00. The minimum Gasteiger partial charge on any atom is -0.385 e. The number of hydrogen-bond donors (Lipinski definition) is 1. The van der Waals surface area contributed by atoms with Gasteiger partial charge >= 0.3 is 0 Å². The van der Waals surface area contributed by atoms with Gasteiger partial charge in [0, 0.05) is 16.7 Å². The second kappa shape index (κ2) is 5.36. The number of nitriles is 1. The molecule has 0 unspecified atom stereocenters. The molecule has 0 amide bonds. The minimum absolute atomic E-state index is 0.330. The van der Waals surface area contributed by atoms with Crippen molar-refractivity contribution < 1.29 is 0 Å². The van der Waals surface area contributed by atoms with Crippen molar-refractivity contribution in [3.8, 4) is 6.07 Å². The third-order valence-corrected chi connectivity index (χ3v) is 2.69. The van der Waals surface area contributed by atoms with Crippen LogP contribution in [0.3, 0.4) is 0 Å². The van der Waals surface area contributed by atoms with Gasteiger partial charge < -0.3 is 5.32 Å². The summed E-state index contributed by atoms with van der Waals surface area (Å²) in [6, 6.07) is 7.82. The first-order valence-electron chi connectivity index (χ1n) is 5.35. The van der Waals surface area contributed by atoms with Crippen molar-refractivity contribution in [2.75, 3.05) is 11.9 Å². The van der Waals surface area contributed by atoms with Gasteiger partial charge in [-0.05, 0) is 30.0 Å². The molecule has 3 heteroatoms. The number of halogens is 1. The van der Waals surface area contributed by atoms with Gasteiger partial charge in [0.05, 0.1) is 11.6 Å². The van der Waals surface area contributed by atoms with E-state index in [0.717, 1.165) is 23.1 Å². The molecule has 16 heavy (non-hydrogen) atoms. The molecule has 1 rings (SSSR count). The Balaban J connectivity index is 2.61. The Morgan fingerprint density at radius 3 is 2.56 bits per heavy atom. The van der Waals surface area contributed by atoms with E-state index in [9.17, 15) is 0 Å². The maximum absolute atomic E-state index is 8.84. The van der Waals surface area contributed by atoms with Gasteiger partial charge in [0.15, 0.2) is 0 Å². The molecule has 0 aliphatic rings. The van der Waals surface area contributed by atoms with Crippen LogP contribution in [0, 0.1) is 16.7 Å². The predicted octanol–water partition coefficient (Wildman–Crippen LogP) is 4.17. The Bertz CT molecular complexity index is 399. The van der Waals surface area contributed by atoms with Gasteiger partial charge in [-0.3, -0.25) is 0 Å². The summed E-state index contributed by atoms with van der Waals surface area (Å²) in [6.07, 6.45) is 1.10. The zero-order valence-electron chi connectivity index (χ0n) is 9.97. The van der Waals surface area contributed by atoms with Crippen molar-refractivity contribution in [2.45, 2.75) is 27.2 Å². The number of rotatable bonds is 3. The fraction of sp³-hybridized carbons (Fsp3) is 0.462. The molecule has 1 N–H and O–H groups in total. The first-order chi connectivity index (χ1) is 7.40. The zero-order valence-corrected chi connectivity index (χ0v) is 11.6. The summed E-state index contributed by atoms with van der Waals surface area (Å²) >= 11 is 3.39. The fourth-order valence-corrected chi connectivity index (χ4v) is 1.83. The van der Waals surface area contributed by atoms with Crippen LogP contribution in [-0.2, 0) is 0 Å². The molecule has 0 fully saturated rings. The van der Waals surface area contributed by atoms with Crippen LogP contribution in [0.2, 0.25) is 0 Å². The molecule has 0 aliphatic heterocycles. The molecule has 0 spiro atoms. The molecular weight excluding hydrogens is 264 g/mol. The Morgan fingerprint density at radius 2 is 2.00 bits per heavy atom. The van der Waals surface area contributed by atoms with Gasteiger partial charge in [-0.25, -0.2) is 0 Å². The maximum Gasteiger partial charge on any atom is 0.0992 e. The quantitative estimate of drug-likeness (QED) is 0.902. The molecule has 0 bridgehead atoms. The van der Waals surface area contributed by atoms with Crippen LogP contribution in [0.4, 0.5) is 5.69 Å². The van der Waals surface area contributed by atoms with E-state index >= 15 is 0 Å². The summed E-state index contributed by atoms with van der Waals surface area (Å²) in [4.78, 5) is 0. The van der Waals surface area contributed by atoms with E-state index in [-0.39, 0.29) is 0 Å². The standard InChI is InChI=1S/C13H17BrN2/c1-13(2,3)4-5-16-12-7-10(9-15)6-11(14)8-12/h6-8,16H,4-5H2,1-3H3. The molecule has 0 aromatic heterocycles. The summed E-state index contributed by atoms with van der Waals surface area (Å²) in [6.45, 7) is 7.58. The zero-order chi connectivity index (χ0) is 12.2. The number of benzene rings is 1. The Hall–Kier alpha value is -1.01. The van der Waals surface area contributed by atoms with Crippen molar-refractivity contribution in [2.24, 2.45) is 5.41 Å². The van der Waals surface area contributed by atoms with E-state index in [2.05, 4.69) is 48.1 Å². The second-order valence-electron chi connectivity index (χ2n) is 5.08. The summed E-state index contributed by atoms with van der Waals surface area (Å²) < 4.78 is 0.935. The van der Waals surface area contributed by atoms with Crippen molar-refractivity contribution in [1.82, 2.24) is 0 Å². The van der Waals surface area contributed by atoms with Gasteiger partial charge in [-0.2, -0.15) is 5.26 Å². The average molecular weight is 281 g/mol. The SMILES string of the molecule is CC(C)(C)CCNc1cc(Br)cc(C#N)c1. The molecule has 86 valence electrons. The van der Waals surface area contributed by atoms with Crippen LogP contribution in [0.15, 0.2) is 22.7 Å². The lowest BCUT2D eigenvalue weighted by Gasteiger charge is -2.18. The highest BCUT2D eigenvalue weighted by molar-refractivity contribution is 9.10. The van der Waals surface area contributed by atoms with Crippen molar-refractivity contribution in [1.29, 1.82) is 5.26 Å². The summed E-state index contributed by atoms with van der Waals surface area (Å²) in [7, 11) is 0. The Morgan fingerprint density at radius 1 is 1.31 bits per heavy atom. The van der Waals surface area contributed by atoms with Crippen molar-refractivity contribution in [3.05, 3.63) is 28.2 Å². The van der Waals surface area contributed by atoms with Gasteiger partial charge in [-0.15, -0.1) is 0 Å². The molecule has 1 aromatic carbocycles. The predicted molar refractivity (Wildman–Crippen MR) is 71.4 cm³/mol. The molecule has 0 saturated heterocycles. The van der Waals surface area contributed by atoms with Crippen LogP contribution < -0.4 is 5.32 Å². The molecule has 0 radical (unpaired) electrons. The third-order valence-electron chi connectivity index (χ3n) is 2.23. The fourth-order valence-electron chi connectivity index (χ4n) is 1.34. The lowest BCUT2D eigenvalue weighted by molar-refractivity contribution is 0.390. The third kappa shape index (κ3) is 4.67. The Kier molecular flexibility index (Phi) is 4.37. The van der Waals surface area contributed by atoms with E-state index in [0.29, 0.717) is 11.0 Å². The van der Waals surface area contributed by atoms with Crippen molar-refractivity contribution >= 4 is 21.6 Å². The van der Waals surface area contributed by atoms with E-state index in [4.69, 9.17) is 5.26 Å². The highest BCUT2D eigenvalue weighted by Crippen LogP contribution is 2.21. The minimum atomic E-state index is 0.330. The largest absolute Gasteiger partial charge is 0.385 e. The molecule has 0 aliphatic carbocycles. The van der Waals surface area contributed by atoms with E-state index < -0.39 is 0 Å². The average Bonchev–Trinajstić information content (AvgIpc) is 2.14. The lowest BCUT2D eigenvalue weighted by atomic mass is 9.92. The molecule has 0 saturated carbocycles. The molecule has 0 heterocycles. The van der Waals surface area contributed by atoms with Crippen LogP contribution in [0.1, 0.15) is 32.8 Å². The highest BCUT2D eigenvalue weighted by Gasteiger charge is 2.09. The molecule has 0 atom stereocenters. The van der Waals surface area contributed by atoms with Gasteiger partial charge in [0.25, 0.3) is 0 Å². The van der Waals surface area contributed by atoms with E-state index in [1.54, 1.807) is 0 Å². The van der Waals surface area contributed by atoms with Crippen LogP contribution in [0.5, 0.6) is 0 Å². The van der Waals surface area contributed by atoms with E-state index in [1.807, 2.05) is 18.2 Å². The van der Waals surface area contributed by atoms with Crippen LogP contribution in [-0.4, -0.2) is 6.54 Å². The highest BCUT2D eigenvalue weighted by atomic mass is 79.9. The second-order valence-corrected chi connectivity index (χ2v) is 5.99. The number of nitrogens with zero attached hydrogens (tertiary/aromatic N) is 1. The number of nitrogens with one attached hydrogen (secondary N) is 1. The summed E-state index contributed by atoms with van der Waals surface area (Å²) in [5.74, 6) is 0. The molecule has 2 nitrogen and oxygen atoms in total. The topological polar surface area (TPSA) is 35.8 Å². The van der Waals surface area contributed by atoms with E-state index in [1.165, 1.54) is 0 Å². The summed E-state index contributed by atoms with van der Waals surface area (Å²) in [5, 5.41) is 12.2. The number of hydrogen-bond acceptors (Lipinski definition) is 2. The van der Waals surface area contributed by atoms with Gasteiger partial charge in [-0.1, -0.05) is 36.7 Å². The molecule has 1 aromatic rings. The number of anilines is 1. The maximum atomic E-state index is 8.84. The van der Waals surface area contributed by atoms with Gasteiger partial charge in [0.1, 0.15) is 0 Å². The lowest BCUT2D eigenvalue weighted by Crippen LogP contribution is -2.12. The smallest absolute Gasteiger partial charge is 0.0992 e.